The Morgan fingerprint density at radius 3 is 2.85 bits per heavy atom. The summed E-state index contributed by atoms with van der Waals surface area (Å²) in [5.41, 5.74) is -1.25. The zero-order valence-electron chi connectivity index (χ0n) is 15.0. The Morgan fingerprint density at radius 2 is 2.19 bits per heavy atom. The highest BCUT2D eigenvalue weighted by Gasteiger charge is 2.51. The Labute approximate surface area is 151 Å². The molecule has 0 bridgehead atoms. The summed E-state index contributed by atoms with van der Waals surface area (Å²) in [5.74, 6) is -2.27. The largest absolute Gasteiger partial charge is 0.632 e. The molecule has 0 saturated carbocycles. The van der Waals surface area contributed by atoms with E-state index in [1.807, 2.05) is 0 Å². The smallest absolute Gasteiger partial charge is 0.341 e. The molecule has 0 unspecified atom stereocenters. The first-order valence-electron chi connectivity index (χ1n) is 8.88. The molecule has 0 aromatic rings. The molecule has 8 nitrogen and oxygen atoms in total. The standard InChI is InChI=1S/C18H25NO7/c1-3-12-8-11(2)18(23,10-20)17(22)25-9-13-4-6-19(24)7-5-14(15(13)19)26-16(12)21/h3-4,11,14-15,20,23H,5-10H2,1-2H3/b12-3-/t11-,14+,15+,18+,19+/m0/s1. The van der Waals surface area contributed by atoms with E-state index in [-0.39, 0.29) is 25.1 Å². The average Bonchev–Trinajstić information content (AvgIpc) is 3.11. The van der Waals surface area contributed by atoms with Crippen LogP contribution in [-0.2, 0) is 19.1 Å². The lowest BCUT2D eigenvalue weighted by atomic mass is 9.84. The Hall–Kier alpha value is -1.74. The van der Waals surface area contributed by atoms with E-state index in [4.69, 9.17) is 9.47 Å². The van der Waals surface area contributed by atoms with E-state index in [0.29, 0.717) is 18.5 Å². The Kier molecular flexibility index (Phi) is 4.96. The lowest BCUT2D eigenvalue weighted by molar-refractivity contribution is -0.877. The van der Waals surface area contributed by atoms with E-state index in [1.54, 1.807) is 26.0 Å². The highest BCUT2D eigenvalue weighted by Crippen LogP contribution is 2.39. The summed E-state index contributed by atoms with van der Waals surface area (Å²) < 4.78 is 10.4. The van der Waals surface area contributed by atoms with Crippen LogP contribution in [0.15, 0.2) is 23.3 Å². The SMILES string of the molecule is C/C=C1/C[C@H](C)[C@](O)(CO)C(=O)OCC2=CC[N@@+]3([O-])CC[C@@H](OC1=O)[C@@H]23. The van der Waals surface area contributed by atoms with Crippen molar-refractivity contribution in [2.45, 2.75) is 44.4 Å². The number of rotatable bonds is 1. The first-order valence-corrected chi connectivity index (χ1v) is 8.88. The number of aliphatic hydroxyl groups is 2. The molecular formula is C18H25NO7. The third-order valence-corrected chi connectivity index (χ3v) is 5.87. The van der Waals surface area contributed by atoms with Gasteiger partial charge in [0.25, 0.3) is 0 Å². The number of carbonyl (C=O) groups excluding carboxylic acids is 2. The van der Waals surface area contributed by atoms with Gasteiger partial charge < -0.3 is 29.5 Å². The number of cyclic esters (lactones) is 1. The molecule has 3 heterocycles. The third kappa shape index (κ3) is 2.96. The van der Waals surface area contributed by atoms with Crippen LogP contribution in [0.1, 0.15) is 26.7 Å². The first kappa shape index (κ1) is 19.0. The lowest BCUT2D eigenvalue weighted by Crippen LogP contribution is -2.51. The van der Waals surface area contributed by atoms with Crippen LogP contribution in [0.3, 0.4) is 0 Å². The van der Waals surface area contributed by atoms with Crippen molar-refractivity contribution in [1.29, 1.82) is 0 Å². The van der Waals surface area contributed by atoms with Crippen LogP contribution in [-0.4, -0.2) is 70.8 Å². The molecule has 2 saturated heterocycles. The van der Waals surface area contributed by atoms with Gasteiger partial charge in [0.05, 0.1) is 19.7 Å². The fourth-order valence-corrected chi connectivity index (χ4v) is 4.08. The average molecular weight is 367 g/mol. The molecule has 0 aliphatic carbocycles. The van der Waals surface area contributed by atoms with Gasteiger partial charge in [0.2, 0.25) is 0 Å². The van der Waals surface area contributed by atoms with Crippen LogP contribution in [0, 0.1) is 11.1 Å². The van der Waals surface area contributed by atoms with Gasteiger partial charge in [-0.1, -0.05) is 13.0 Å². The number of nitrogens with zero attached hydrogens (tertiary/aromatic N) is 1. The van der Waals surface area contributed by atoms with Crippen molar-refractivity contribution in [3.05, 3.63) is 28.5 Å². The second kappa shape index (κ2) is 6.77. The van der Waals surface area contributed by atoms with E-state index in [1.165, 1.54) is 0 Å². The topological polar surface area (TPSA) is 116 Å². The number of aliphatic hydroxyl groups excluding tert-OH is 1. The Morgan fingerprint density at radius 1 is 1.46 bits per heavy atom. The molecule has 2 N–H and O–H groups in total. The second-order valence-corrected chi connectivity index (χ2v) is 7.39. The van der Waals surface area contributed by atoms with Crippen LogP contribution in [0.2, 0.25) is 0 Å². The van der Waals surface area contributed by atoms with Gasteiger partial charge in [0, 0.05) is 23.5 Å². The number of quaternary nitrogens is 1. The number of esters is 2. The van der Waals surface area contributed by atoms with Crippen LogP contribution < -0.4 is 0 Å². The van der Waals surface area contributed by atoms with Crippen molar-refractivity contribution >= 4 is 11.9 Å². The van der Waals surface area contributed by atoms with Gasteiger partial charge in [-0.25, -0.2) is 9.59 Å². The molecule has 144 valence electrons. The van der Waals surface area contributed by atoms with Gasteiger partial charge in [0.15, 0.2) is 17.7 Å². The summed E-state index contributed by atoms with van der Waals surface area (Å²) >= 11 is 0. The summed E-state index contributed by atoms with van der Waals surface area (Å²) in [6, 6.07) is -0.594. The zero-order chi connectivity index (χ0) is 19.1. The van der Waals surface area contributed by atoms with Crippen molar-refractivity contribution in [2.75, 3.05) is 26.3 Å². The maximum Gasteiger partial charge on any atom is 0.341 e. The molecule has 5 atom stereocenters. The number of carbonyl (C=O) groups is 2. The van der Waals surface area contributed by atoms with Gasteiger partial charge in [-0.3, -0.25) is 0 Å². The zero-order valence-corrected chi connectivity index (χ0v) is 15.0. The maximum absolute atomic E-state index is 12.9. The molecule has 3 aliphatic heterocycles. The Balaban J connectivity index is 1.96. The highest BCUT2D eigenvalue weighted by atomic mass is 16.6. The molecule has 0 aromatic heterocycles. The normalized spacial score (nSPS) is 42.4. The molecular weight excluding hydrogens is 342 g/mol. The molecule has 8 heteroatoms. The van der Waals surface area contributed by atoms with Crippen LogP contribution in [0.25, 0.3) is 0 Å². The van der Waals surface area contributed by atoms with Crippen molar-refractivity contribution in [3.63, 3.8) is 0 Å². The Bertz CT molecular complexity index is 672. The molecule has 0 spiro atoms. The highest BCUT2D eigenvalue weighted by molar-refractivity contribution is 5.89. The molecule has 2 fully saturated rings. The summed E-state index contributed by atoms with van der Waals surface area (Å²) in [6.07, 6.45) is 3.22. The minimum atomic E-state index is -2.13. The summed E-state index contributed by atoms with van der Waals surface area (Å²) in [6.45, 7) is 2.81. The lowest BCUT2D eigenvalue weighted by Gasteiger charge is -2.41. The van der Waals surface area contributed by atoms with Gasteiger partial charge in [0.1, 0.15) is 6.61 Å². The third-order valence-electron chi connectivity index (χ3n) is 5.87. The van der Waals surface area contributed by atoms with Crippen LogP contribution >= 0.6 is 0 Å². The second-order valence-electron chi connectivity index (χ2n) is 7.39. The summed E-state index contributed by atoms with van der Waals surface area (Å²) in [7, 11) is 0. The predicted octanol–water partition coefficient (Wildman–Crippen LogP) is 0.178. The van der Waals surface area contributed by atoms with Gasteiger partial charge >= 0.3 is 11.9 Å². The van der Waals surface area contributed by atoms with E-state index >= 15 is 0 Å². The summed E-state index contributed by atoms with van der Waals surface area (Å²) in [4.78, 5) is 25.0. The molecule has 0 aromatic carbocycles. The van der Waals surface area contributed by atoms with Crippen molar-refractivity contribution in [2.24, 2.45) is 5.92 Å². The number of hydroxylamine groups is 3. The van der Waals surface area contributed by atoms with E-state index in [0.717, 1.165) is 0 Å². The number of hydrogen-bond acceptors (Lipinski definition) is 7. The monoisotopic (exact) mass is 367 g/mol. The number of allylic oxidation sites excluding steroid dienone is 1. The number of ether oxygens (including phenoxy) is 2. The van der Waals surface area contributed by atoms with Crippen LogP contribution in [0.5, 0.6) is 0 Å². The fraction of sp³-hybridized carbons (Fsp3) is 0.667. The molecule has 0 radical (unpaired) electrons. The van der Waals surface area contributed by atoms with Gasteiger partial charge in [-0.05, 0) is 19.4 Å². The fourth-order valence-electron chi connectivity index (χ4n) is 4.08. The molecule has 3 aliphatic rings. The number of hydrogen-bond donors (Lipinski definition) is 2. The van der Waals surface area contributed by atoms with Gasteiger partial charge in [-0.15, -0.1) is 0 Å². The van der Waals surface area contributed by atoms with E-state index in [2.05, 4.69) is 0 Å². The quantitative estimate of drug-likeness (QED) is 0.223. The van der Waals surface area contributed by atoms with Crippen molar-refractivity contribution in [1.82, 2.24) is 0 Å². The van der Waals surface area contributed by atoms with Crippen molar-refractivity contribution < 1.29 is 33.9 Å². The predicted molar refractivity (Wildman–Crippen MR) is 90.3 cm³/mol. The molecule has 0 amide bonds. The van der Waals surface area contributed by atoms with Crippen LogP contribution in [0.4, 0.5) is 0 Å². The minimum absolute atomic E-state index is 0.0406. The summed E-state index contributed by atoms with van der Waals surface area (Å²) in [5, 5.41) is 33.1. The molecule has 3 rings (SSSR count). The van der Waals surface area contributed by atoms with Crippen molar-refractivity contribution in [3.8, 4) is 0 Å². The minimum Gasteiger partial charge on any atom is -0.632 e. The molecule has 26 heavy (non-hydrogen) atoms. The maximum atomic E-state index is 12.9. The van der Waals surface area contributed by atoms with E-state index in [9.17, 15) is 25.0 Å². The van der Waals surface area contributed by atoms with Gasteiger partial charge in [-0.2, -0.15) is 0 Å². The van der Waals surface area contributed by atoms with E-state index < -0.39 is 46.9 Å². The first-order chi connectivity index (χ1) is 12.2.